The van der Waals surface area contributed by atoms with E-state index in [-0.39, 0.29) is 23.6 Å². The highest BCUT2D eigenvalue weighted by atomic mass is 19.1. The zero-order chi connectivity index (χ0) is 14.7. The summed E-state index contributed by atoms with van der Waals surface area (Å²) in [4.78, 5) is 16.5. The molecule has 0 aliphatic carbocycles. The Morgan fingerprint density at radius 2 is 2.15 bits per heavy atom. The van der Waals surface area contributed by atoms with Gasteiger partial charge >= 0.3 is 5.97 Å². The van der Waals surface area contributed by atoms with E-state index in [0.717, 1.165) is 0 Å². The summed E-state index contributed by atoms with van der Waals surface area (Å²) < 4.78 is 13.6. The third kappa shape index (κ3) is 2.85. The second-order valence-electron chi connectivity index (χ2n) is 4.39. The van der Waals surface area contributed by atoms with Crippen LogP contribution in [0, 0.1) is 5.82 Å². The van der Waals surface area contributed by atoms with Crippen molar-refractivity contribution in [2.45, 2.75) is 6.54 Å². The quantitative estimate of drug-likeness (QED) is 0.893. The summed E-state index contributed by atoms with van der Waals surface area (Å²) in [7, 11) is 1.71. The molecule has 0 bridgehead atoms. The van der Waals surface area contributed by atoms with Gasteiger partial charge in [0.25, 0.3) is 0 Å². The minimum absolute atomic E-state index is 0.0190. The SMILES string of the molecule is CN(Cc1ccccc1F)c1ncc(C(=O)O)cc1N. The van der Waals surface area contributed by atoms with Crippen molar-refractivity contribution < 1.29 is 14.3 Å². The third-order valence-electron chi connectivity index (χ3n) is 2.87. The van der Waals surface area contributed by atoms with Crippen molar-refractivity contribution in [3.8, 4) is 0 Å². The number of rotatable bonds is 4. The summed E-state index contributed by atoms with van der Waals surface area (Å²) in [6, 6.07) is 7.76. The Morgan fingerprint density at radius 3 is 2.75 bits per heavy atom. The lowest BCUT2D eigenvalue weighted by Gasteiger charge is -2.20. The Kier molecular flexibility index (Phi) is 3.84. The number of carbonyl (C=O) groups is 1. The standard InChI is InChI=1S/C14H14FN3O2/c1-18(8-9-4-2-3-5-11(9)15)13-12(16)6-10(7-17-13)14(19)20/h2-7H,8,16H2,1H3,(H,19,20). The molecule has 1 aromatic carbocycles. The summed E-state index contributed by atoms with van der Waals surface area (Å²) >= 11 is 0. The van der Waals surface area contributed by atoms with Gasteiger partial charge in [-0.2, -0.15) is 0 Å². The van der Waals surface area contributed by atoms with Gasteiger partial charge in [0.1, 0.15) is 5.82 Å². The Hall–Kier alpha value is -2.63. The normalized spacial score (nSPS) is 10.3. The third-order valence-corrected chi connectivity index (χ3v) is 2.87. The van der Waals surface area contributed by atoms with Gasteiger partial charge in [0, 0.05) is 25.4 Å². The fourth-order valence-corrected chi connectivity index (χ4v) is 1.87. The number of pyridine rings is 1. The molecular weight excluding hydrogens is 261 g/mol. The maximum atomic E-state index is 13.6. The van der Waals surface area contributed by atoms with Gasteiger partial charge in [-0.25, -0.2) is 14.2 Å². The minimum Gasteiger partial charge on any atom is -0.478 e. The maximum absolute atomic E-state index is 13.6. The molecule has 0 aliphatic rings. The average molecular weight is 275 g/mol. The van der Waals surface area contributed by atoms with E-state index >= 15 is 0 Å². The predicted molar refractivity (Wildman–Crippen MR) is 74.1 cm³/mol. The van der Waals surface area contributed by atoms with Gasteiger partial charge in [-0.15, -0.1) is 0 Å². The fraction of sp³-hybridized carbons (Fsp3) is 0.143. The Balaban J connectivity index is 2.23. The number of carboxylic acid groups (broad SMARTS) is 1. The first-order chi connectivity index (χ1) is 9.49. The molecule has 0 fully saturated rings. The van der Waals surface area contributed by atoms with Gasteiger partial charge in [0.2, 0.25) is 0 Å². The molecule has 0 aliphatic heterocycles. The number of hydrogen-bond donors (Lipinski definition) is 2. The monoisotopic (exact) mass is 275 g/mol. The van der Waals surface area contributed by atoms with E-state index < -0.39 is 5.97 Å². The van der Waals surface area contributed by atoms with E-state index in [1.54, 1.807) is 30.1 Å². The van der Waals surface area contributed by atoms with Crippen molar-refractivity contribution >= 4 is 17.5 Å². The lowest BCUT2D eigenvalue weighted by atomic mass is 10.2. The van der Waals surface area contributed by atoms with Gasteiger partial charge in [0.05, 0.1) is 11.3 Å². The lowest BCUT2D eigenvalue weighted by molar-refractivity contribution is 0.0696. The van der Waals surface area contributed by atoms with Crippen molar-refractivity contribution in [3.63, 3.8) is 0 Å². The topological polar surface area (TPSA) is 79.5 Å². The first-order valence-electron chi connectivity index (χ1n) is 5.92. The van der Waals surface area contributed by atoms with Crippen LogP contribution < -0.4 is 10.6 Å². The van der Waals surface area contributed by atoms with Crippen LogP contribution >= 0.6 is 0 Å². The lowest BCUT2D eigenvalue weighted by Crippen LogP contribution is -2.20. The highest BCUT2D eigenvalue weighted by Crippen LogP contribution is 2.22. The molecule has 6 heteroatoms. The molecule has 0 spiro atoms. The second-order valence-corrected chi connectivity index (χ2v) is 4.39. The number of nitrogens with two attached hydrogens (primary N) is 1. The van der Waals surface area contributed by atoms with E-state index in [1.807, 2.05) is 0 Å². The van der Waals surface area contributed by atoms with Crippen LogP contribution in [0.25, 0.3) is 0 Å². The van der Waals surface area contributed by atoms with E-state index in [0.29, 0.717) is 11.4 Å². The number of nitrogens with zero attached hydrogens (tertiary/aromatic N) is 2. The molecule has 1 aromatic heterocycles. The molecule has 3 N–H and O–H groups in total. The minimum atomic E-state index is -1.09. The number of nitrogen functional groups attached to an aromatic ring is 1. The smallest absolute Gasteiger partial charge is 0.337 e. The molecular formula is C14H14FN3O2. The summed E-state index contributed by atoms with van der Waals surface area (Å²) in [5, 5.41) is 8.85. The second kappa shape index (κ2) is 5.56. The van der Waals surface area contributed by atoms with E-state index in [9.17, 15) is 9.18 Å². The molecule has 0 amide bonds. The number of benzene rings is 1. The van der Waals surface area contributed by atoms with E-state index in [4.69, 9.17) is 10.8 Å². The number of carboxylic acids is 1. The number of aromatic carboxylic acids is 1. The molecule has 0 radical (unpaired) electrons. The molecule has 1 heterocycles. The van der Waals surface area contributed by atoms with Crippen LogP contribution in [0.2, 0.25) is 0 Å². The molecule has 0 saturated carbocycles. The first-order valence-corrected chi connectivity index (χ1v) is 5.92. The predicted octanol–water partition coefficient (Wildman–Crippen LogP) is 2.14. The molecule has 104 valence electrons. The number of halogens is 1. The van der Waals surface area contributed by atoms with E-state index in [1.165, 1.54) is 18.3 Å². The van der Waals surface area contributed by atoms with Crippen LogP contribution in [0.4, 0.5) is 15.9 Å². The van der Waals surface area contributed by atoms with Crippen molar-refractivity contribution in [3.05, 3.63) is 53.5 Å². The van der Waals surface area contributed by atoms with Crippen LogP contribution in [-0.4, -0.2) is 23.1 Å². The molecule has 0 unspecified atom stereocenters. The summed E-state index contributed by atoms with van der Waals surface area (Å²) in [5.41, 5.74) is 6.56. The van der Waals surface area contributed by atoms with Crippen molar-refractivity contribution in [2.24, 2.45) is 0 Å². The van der Waals surface area contributed by atoms with Gasteiger partial charge in [-0.05, 0) is 12.1 Å². The zero-order valence-electron chi connectivity index (χ0n) is 10.9. The largest absolute Gasteiger partial charge is 0.478 e. The Labute approximate surface area is 115 Å². The molecule has 0 saturated heterocycles. The summed E-state index contributed by atoms with van der Waals surface area (Å²) in [5.74, 6) is -0.981. The van der Waals surface area contributed by atoms with Crippen LogP contribution in [0.3, 0.4) is 0 Å². The number of hydrogen-bond acceptors (Lipinski definition) is 4. The molecule has 20 heavy (non-hydrogen) atoms. The highest BCUT2D eigenvalue weighted by Gasteiger charge is 2.12. The van der Waals surface area contributed by atoms with Crippen molar-refractivity contribution in [2.75, 3.05) is 17.7 Å². The fourth-order valence-electron chi connectivity index (χ4n) is 1.87. The van der Waals surface area contributed by atoms with Gasteiger partial charge in [-0.3, -0.25) is 0 Å². The molecule has 2 rings (SSSR count). The van der Waals surface area contributed by atoms with Crippen LogP contribution in [0.1, 0.15) is 15.9 Å². The summed E-state index contributed by atoms with van der Waals surface area (Å²) in [6.45, 7) is 0.288. The van der Waals surface area contributed by atoms with Crippen LogP contribution in [0.5, 0.6) is 0 Å². The Morgan fingerprint density at radius 1 is 1.45 bits per heavy atom. The molecule has 0 atom stereocenters. The first kappa shape index (κ1) is 13.8. The molecule has 5 nitrogen and oxygen atoms in total. The Bertz CT molecular complexity index is 646. The van der Waals surface area contributed by atoms with Crippen LogP contribution in [0.15, 0.2) is 36.5 Å². The zero-order valence-corrected chi connectivity index (χ0v) is 10.9. The molecule has 2 aromatic rings. The number of aromatic nitrogens is 1. The van der Waals surface area contributed by atoms with Gasteiger partial charge in [0.15, 0.2) is 5.82 Å². The van der Waals surface area contributed by atoms with Gasteiger partial charge < -0.3 is 15.7 Å². The highest BCUT2D eigenvalue weighted by molar-refractivity contribution is 5.89. The summed E-state index contributed by atoms with van der Waals surface area (Å²) in [6.07, 6.45) is 1.23. The maximum Gasteiger partial charge on any atom is 0.337 e. The van der Waals surface area contributed by atoms with Crippen molar-refractivity contribution in [1.82, 2.24) is 4.98 Å². The van der Waals surface area contributed by atoms with E-state index in [2.05, 4.69) is 4.98 Å². The van der Waals surface area contributed by atoms with Crippen molar-refractivity contribution in [1.29, 1.82) is 0 Å². The van der Waals surface area contributed by atoms with Gasteiger partial charge in [-0.1, -0.05) is 18.2 Å². The average Bonchev–Trinajstić information content (AvgIpc) is 2.41. The number of anilines is 2. The van der Waals surface area contributed by atoms with Crippen LogP contribution in [-0.2, 0) is 6.54 Å².